The van der Waals surface area contributed by atoms with E-state index in [2.05, 4.69) is 21.0 Å². The van der Waals surface area contributed by atoms with Gasteiger partial charge in [0.05, 0.1) is 16.6 Å². The lowest BCUT2D eigenvalue weighted by molar-refractivity contribution is 0.0990. The summed E-state index contributed by atoms with van der Waals surface area (Å²) in [6.45, 7) is 4.73. The zero-order valence-corrected chi connectivity index (χ0v) is 13.1. The van der Waals surface area contributed by atoms with E-state index in [1.54, 1.807) is 12.1 Å². The van der Waals surface area contributed by atoms with Gasteiger partial charge in [0.1, 0.15) is 5.82 Å². The van der Waals surface area contributed by atoms with E-state index in [0.29, 0.717) is 10.0 Å². The van der Waals surface area contributed by atoms with Gasteiger partial charge in [-0.2, -0.15) is 5.10 Å². The van der Waals surface area contributed by atoms with Gasteiger partial charge in [-0.25, -0.2) is 4.39 Å². The lowest BCUT2D eigenvalue weighted by Gasteiger charge is -2.05. The van der Waals surface area contributed by atoms with Crippen LogP contribution in [-0.2, 0) is 19.4 Å². The van der Waals surface area contributed by atoms with Crippen molar-refractivity contribution in [3.63, 3.8) is 0 Å². The van der Waals surface area contributed by atoms with Crippen molar-refractivity contribution in [3.05, 3.63) is 51.5 Å². The Morgan fingerprint density at radius 3 is 2.70 bits per heavy atom. The highest BCUT2D eigenvalue weighted by Gasteiger charge is 2.13. The number of Topliss-reactive ketones (excluding diaryl/α,β-unsaturated/α-hetero) is 1. The Kier molecular flexibility index (Phi) is 4.70. The van der Waals surface area contributed by atoms with Crippen LogP contribution in [0.15, 0.2) is 28.7 Å². The van der Waals surface area contributed by atoms with Gasteiger partial charge in [0, 0.05) is 17.8 Å². The number of halogens is 2. The van der Waals surface area contributed by atoms with Crippen molar-refractivity contribution >= 4 is 21.7 Å². The van der Waals surface area contributed by atoms with Crippen LogP contribution in [0.1, 0.15) is 35.6 Å². The van der Waals surface area contributed by atoms with Crippen LogP contribution < -0.4 is 0 Å². The van der Waals surface area contributed by atoms with Gasteiger partial charge >= 0.3 is 0 Å². The van der Waals surface area contributed by atoms with Gasteiger partial charge in [-0.1, -0.05) is 13.0 Å². The fraction of sp³-hybridized carbons (Fsp3) is 0.333. The number of hydrogen-bond acceptors (Lipinski definition) is 2. The fourth-order valence-corrected chi connectivity index (χ4v) is 2.29. The van der Waals surface area contributed by atoms with E-state index in [0.717, 1.165) is 24.4 Å². The van der Waals surface area contributed by atoms with Crippen LogP contribution in [0.3, 0.4) is 0 Å². The zero-order chi connectivity index (χ0) is 14.7. The summed E-state index contributed by atoms with van der Waals surface area (Å²) in [5.74, 6) is -0.525. The first-order valence-corrected chi connectivity index (χ1v) is 7.38. The van der Waals surface area contributed by atoms with Crippen molar-refractivity contribution in [3.8, 4) is 0 Å². The third-order valence-electron chi connectivity index (χ3n) is 3.16. The molecule has 0 spiro atoms. The number of hydrogen-bond donors (Lipinski definition) is 0. The Labute approximate surface area is 125 Å². The summed E-state index contributed by atoms with van der Waals surface area (Å²) in [6, 6.07) is 6.39. The van der Waals surface area contributed by atoms with Gasteiger partial charge in [-0.15, -0.1) is 0 Å². The lowest BCUT2D eigenvalue weighted by Crippen LogP contribution is -2.10. The second kappa shape index (κ2) is 6.31. The first kappa shape index (κ1) is 14.9. The Morgan fingerprint density at radius 2 is 2.10 bits per heavy atom. The normalized spacial score (nSPS) is 10.8. The molecule has 2 rings (SSSR count). The summed E-state index contributed by atoms with van der Waals surface area (Å²) >= 11 is 3.08. The van der Waals surface area contributed by atoms with Gasteiger partial charge < -0.3 is 0 Å². The molecule has 1 aromatic carbocycles. The number of carbonyl (C=O) groups excluding carboxylic acids is 1. The average molecular weight is 339 g/mol. The monoisotopic (exact) mass is 338 g/mol. The predicted molar refractivity (Wildman–Crippen MR) is 79.4 cm³/mol. The molecular weight excluding hydrogens is 323 g/mol. The van der Waals surface area contributed by atoms with E-state index in [1.807, 2.05) is 24.6 Å². The molecule has 3 nitrogen and oxygen atoms in total. The molecule has 0 aliphatic heterocycles. The molecule has 0 bridgehead atoms. The highest BCUT2D eigenvalue weighted by atomic mass is 79.9. The van der Waals surface area contributed by atoms with Gasteiger partial charge in [-0.3, -0.25) is 9.48 Å². The minimum absolute atomic E-state index is 0.103. The van der Waals surface area contributed by atoms with E-state index in [-0.39, 0.29) is 12.2 Å². The first-order valence-electron chi connectivity index (χ1n) is 6.59. The molecule has 0 unspecified atom stereocenters. The number of benzene rings is 1. The van der Waals surface area contributed by atoms with Crippen LogP contribution in [0, 0.1) is 5.82 Å². The molecule has 5 heteroatoms. The molecular formula is C15H16BrFN2O. The largest absolute Gasteiger partial charge is 0.294 e. The maximum absolute atomic E-state index is 13.5. The van der Waals surface area contributed by atoms with Crippen molar-refractivity contribution < 1.29 is 9.18 Å². The molecule has 0 atom stereocenters. The van der Waals surface area contributed by atoms with E-state index in [1.165, 1.54) is 6.07 Å². The highest BCUT2D eigenvalue weighted by Crippen LogP contribution is 2.18. The molecule has 0 aliphatic rings. The molecule has 0 radical (unpaired) electrons. The Hall–Kier alpha value is -1.49. The molecule has 0 aliphatic carbocycles. The highest BCUT2D eigenvalue weighted by molar-refractivity contribution is 9.10. The summed E-state index contributed by atoms with van der Waals surface area (Å²) in [4.78, 5) is 12.2. The molecule has 0 fully saturated rings. The molecule has 2 aromatic rings. The lowest BCUT2D eigenvalue weighted by atomic mass is 10.1. The van der Waals surface area contributed by atoms with E-state index < -0.39 is 5.82 Å². The van der Waals surface area contributed by atoms with E-state index in [4.69, 9.17) is 0 Å². The van der Waals surface area contributed by atoms with Crippen molar-refractivity contribution in [1.82, 2.24) is 9.78 Å². The summed E-state index contributed by atoms with van der Waals surface area (Å²) < 4.78 is 15.7. The number of carbonyl (C=O) groups is 1. The molecule has 20 heavy (non-hydrogen) atoms. The number of nitrogens with zero attached hydrogens (tertiary/aromatic N) is 2. The van der Waals surface area contributed by atoms with Crippen molar-refractivity contribution in [2.24, 2.45) is 0 Å². The van der Waals surface area contributed by atoms with Crippen LogP contribution in [0.2, 0.25) is 0 Å². The third-order valence-corrected chi connectivity index (χ3v) is 3.80. The summed E-state index contributed by atoms with van der Waals surface area (Å²) in [7, 11) is 0. The zero-order valence-electron chi connectivity index (χ0n) is 11.5. The predicted octanol–water partition coefficient (Wildman–Crippen LogP) is 3.79. The Bertz CT molecular complexity index is 637. The quantitative estimate of drug-likeness (QED) is 0.777. The van der Waals surface area contributed by atoms with Gasteiger partial charge in [-0.05, 0) is 47.5 Å². The summed E-state index contributed by atoms with van der Waals surface area (Å²) in [5.41, 5.74) is 2.22. The van der Waals surface area contributed by atoms with Gasteiger partial charge in [0.15, 0.2) is 5.78 Å². The molecule has 1 aromatic heterocycles. The fourth-order valence-electron chi connectivity index (χ4n) is 2.04. The van der Waals surface area contributed by atoms with Crippen LogP contribution >= 0.6 is 15.9 Å². The maximum atomic E-state index is 13.5. The minimum Gasteiger partial charge on any atom is -0.294 e. The SMILES string of the molecule is CCc1cc(CC(=O)c2ccc(Br)c(F)c2)n(CC)n1. The van der Waals surface area contributed by atoms with E-state index in [9.17, 15) is 9.18 Å². The number of aryl methyl sites for hydroxylation is 2. The van der Waals surface area contributed by atoms with Crippen LogP contribution in [0.4, 0.5) is 4.39 Å². The molecule has 106 valence electrons. The second-order valence-electron chi connectivity index (χ2n) is 4.53. The smallest absolute Gasteiger partial charge is 0.168 e. The van der Waals surface area contributed by atoms with Crippen LogP contribution in [0.5, 0.6) is 0 Å². The summed E-state index contributed by atoms with van der Waals surface area (Å²) in [6.07, 6.45) is 1.07. The molecule has 0 saturated carbocycles. The standard InChI is InChI=1S/C15H16BrFN2O/c1-3-11-8-12(19(4-2)18-11)9-15(20)10-5-6-13(16)14(17)7-10/h5-8H,3-4,9H2,1-2H3. The van der Waals surface area contributed by atoms with Crippen LogP contribution in [0.25, 0.3) is 0 Å². The Morgan fingerprint density at radius 1 is 1.35 bits per heavy atom. The first-order chi connectivity index (χ1) is 9.55. The molecule has 0 saturated heterocycles. The molecule has 1 heterocycles. The summed E-state index contributed by atoms with van der Waals surface area (Å²) in [5, 5.41) is 4.41. The van der Waals surface area contributed by atoms with Crippen molar-refractivity contribution in [2.45, 2.75) is 33.2 Å². The topological polar surface area (TPSA) is 34.9 Å². The second-order valence-corrected chi connectivity index (χ2v) is 5.38. The van der Waals surface area contributed by atoms with Gasteiger partial charge in [0.25, 0.3) is 0 Å². The van der Waals surface area contributed by atoms with Crippen molar-refractivity contribution in [2.75, 3.05) is 0 Å². The molecule has 0 amide bonds. The van der Waals surface area contributed by atoms with Crippen LogP contribution in [-0.4, -0.2) is 15.6 Å². The number of ketones is 1. The van der Waals surface area contributed by atoms with Gasteiger partial charge in [0.2, 0.25) is 0 Å². The third kappa shape index (κ3) is 3.15. The number of rotatable bonds is 5. The van der Waals surface area contributed by atoms with Crippen molar-refractivity contribution in [1.29, 1.82) is 0 Å². The average Bonchev–Trinajstić information content (AvgIpc) is 2.84. The minimum atomic E-state index is -0.422. The molecule has 0 N–H and O–H groups in total. The van der Waals surface area contributed by atoms with E-state index >= 15 is 0 Å². The maximum Gasteiger partial charge on any atom is 0.168 e. The number of aromatic nitrogens is 2. The Balaban J connectivity index is 2.22.